The third-order valence-corrected chi connectivity index (χ3v) is 4.90. The number of carbonyl (C=O) groups excluding carboxylic acids is 1. The maximum absolute atomic E-state index is 14.2. The number of nitrogens with zero attached hydrogens (tertiary/aromatic N) is 4. The van der Waals surface area contributed by atoms with E-state index in [9.17, 15) is 9.18 Å². The standard InChI is InChI=1S/C21H15FN4O2/c1-12-11-15(27)20-16(8-7-14(22)19(12)20)28-18-10-9-17-23-24-21(26(17)25-18)13-5-3-2-4-6-13/h2-10,12H,11H2,1H3. The molecule has 0 amide bonds. The minimum Gasteiger partial charge on any atom is -0.437 e. The fraction of sp³-hybridized carbons (Fsp3) is 0.143. The second-order valence-electron chi connectivity index (χ2n) is 6.80. The topological polar surface area (TPSA) is 69.4 Å². The van der Waals surface area contributed by atoms with Crippen molar-refractivity contribution in [2.24, 2.45) is 0 Å². The summed E-state index contributed by atoms with van der Waals surface area (Å²) in [7, 11) is 0. The van der Waals surface area contributed by atoms with E-state index in [4.69, 9.17) is 4.74 Å². The molecular formula is C21H15FN4O2. The van der Waals surface area contributed by atoms with Gasteiger partial charge in [0.2, 0.25) is 5.88 Å². The number of hydrogen-bond acceptors (Lipinski definition) is 5. The highest BCUT2D eigenvalue weighted by molar-refractivity contribution is 6.03. The number of ketones is 1. The van der Waals surface area contributed by atoms with Gasteiger partial charge >= 0.3 is 0 Å². The van der Waals surface area contributed by atoms with Gasteiger partial charge in [-0.25, -0.2) is 4.39 Å². The molecule has 4 aromatic rings. The Bertz CT molecular complexity index is 1220. The molecule has 0 saturated carbocycles. The number of hydrogen-bond donors (Lipinski definition) is 0. The van der Waals surface area contributed by atoms with Crippen LogP contribution in [0.15, 0.2) is 54.6 Å². The van der Waals surface area contributed by atoms with Crippen molar-refractivity contribution < 1.29 is 13.9 Å². The zero-order valence-electron chi connectivity index (χ0n) is 15.0. The molecular weight excluding hydrogens is 359 g/mol. The molecule has 7 heteroatoms. The number of rotatable bonds is 3. The van der Waals surface area contributed by atoms with Gasteiger partial charge in [-0.05, 0) is 24.1 Å². The van der Waals surface area contributed by atoms with Crippen LogP contribution < -0.4 is 4.74 Å². The maximum Gasteiger partial charge on any atom is 0.237 e. The first-order valence-electron chi connectivity index (χ1n) is 8.93. The fourth-order valence-electron chi connectivity index (χ4n) is 3.62. The number of aromatic nitrogens is 4. The lowest BCUT2D eigenvalue weighted by molar-refractivity contribution is 0.0988. The van der Waals surface area contributed by atoms with Gasteiger partial charge < -0.3 is 4.74 Å². The fourth-order valence-corrected chi connectivity index (χ4v) is 3.62. The van der Waals surface area contributed by atoms with Gasteiger partial charge in [-0.15, -0.1) is 15.3 Å². The molecule has 138 valence electrons. The van der Waals surface area contributed by atoms with Crippen molar-refractivity contribution in [2.75, 3.05) is 0 Å². The Kier molecular flexibility index (Phi) is 3.68. The van der Waals surface area contributed by atoms with Crippen molar-refractivity contribution in [2.45, 2.75) is 19.3 Å². The van der Waals surface area contributed by atoms with Gasteiger partial charge in [-0.3, -0.25) is 4.79 Å². The summed E-state index contributed by atoms with van der Waals surface area (Å²) in [6.45, 7) is 1.84. The zero-order valence-corrected chi connectivity index (χ0v) is 15.0. The Labute approximate surface area is 159 Å². The molecule has 1 atom stereocenters. The predicted octanol–water partition coefficient (Wildman–Crippen LogP) is 4.41. The number of benzene rings is 2. The molecule has 1 aliphatic rings. The van der Waals surface area contributed by atoms with Gasteiger partial charge in [0.25, 0.3) is 0 Å². The van der Waals surface area contributed by atoms with Crippen molar-refractivity contribution in [3.05, 3.63) is 71.5 Å². The lowest BCUT2D eigenvalue weighted by atomic mass is 10.0. The monoisotopic (exact) mass is 374 g/mol. The maximum atomic E-state index is 14.2. The van der Waals surface area contributed by atoms with Crippen LogP contribution in [0.2, 0.25) is 0 Å². The lowest BCUT2D eigenvalue weighted by Crippen LogP contribution is -2.02. The summed E-state index contributed by atoms with van der Waals surface area (Å²) in [6.07, 6.45) is 0.280. The summed E-state index contributed by atoms with van der Waals surface area (Å²) in [4.78, 5) is 12.4. The lowest BCUT2D eigenvalue weighted by Gasteiger charge is -2.11. The number of carbonyl (C=O) groups is 1. The van der Waals surface area contributed by atoms with Gasteiger partial charge in [-0.1, -0.05) is 37.3 Å². The Balaban J connectivity index is 1.58. The largest absolute Gasteiger partial charge is 0.437 e. The van der Waals surface area contributed by atoms with E-state index in [1.54, 1.807) is 16.6 Å². The highest BCUT2D eigenvalue weighted by Crippen LogP contribution is 2.40. The average Bonchev–Trinajstić information content (AvgIpc) is 3.25. The number of Topliss-reactive ketones (excluding diaryl/α,β-unsaturated/α-hetero) is 1. The molecule has 0 aliphatic heterocycles. The van der Waals surface area contributed by atoms with Crippen molar-refractivity contribution in [3.63, 3.8) is 0 Å². The van der Waals surface area contributed by atoms with Crippen molar-refractivity contribution in [3.8, 4) is 23.0 Å². The molecule has 0 fully saturated rings. The summed E-state index contributed by atoms with van der Waals surface area (Å²) in [5.74, 6) is 0.498. The number of fused-ring (bicyclic) bond motifs is 2. The molecule has 1 unspecified atom stereocenters. The molecule has 0 saturated heterocycles. The van der Waals surface area contributed by atoms with Crippen LogP contribution in [0.3, 0.4) is 0 Å². The quantitative estimate of drug-likeness (QED) is 0.531. The van der Waals surface area contributed by atoms with Gasteiger partial charge in [0.1, 0.15) is 11.6 Å². The molecule has 2 aromatic heterocycles. The molecule has 0 spiro atoms. The van der Waals surface area contributed by atoms with Crippen LogP contribution >= 0.6 is 0 Å². The first-order valence-corrected chi connectivity index (χ1v) is 8.93. The van der Waals surface area contributed by atoms with E-state index in [-0.39, 0.29) is 29.8 Å². The van der Waals surface area contributed by atoms with Gasteiger partial charge in [0, 0.05) is 23.6 Å². The van der Waals surface area contributed by atoms with E-state index in [2.05, 4.69) is 15.3 Å². The van der Waals surface area contributed by atoms with Crippen molar-refractivity contribution >= 4 is 11.4 Å². The highest BCUT2D eigenvalue weighted by atomic mass is 19.1. The van der Waals surface area contributed by atoms with Crippen LogP contribution in [-0.4, -0.2) is 25.6 Å². The van der Waals surface area contributed by atoms with Crippen molar-refractivity contribution in [1.82, 2.24) is 19.8 Å². The molecule has 6 nitrogen and oxygen atoms in total. The molecule has 0 bridgehead atoms. The van der Waals surface area contributed by atoms with Crippen LogP contribution in [0, 0.1) is 5.82 Å². The SMILES string of the molecule is CC1CC(=O)c2c(Oc3ccc4nnc(-c5ccccc5)n4n3)ccc(F)c21. The van der Waals surface area contributed by atoms with Crippen LogP contribution in [0.4, 0.5) is 4.39 Å². The third-order valence-electron chi connectivity index (χ3n) is 4.90. The molecule has 2 heterocycles. The zero-order chi connectivity index (χ0) is 19.3. The summed E-state index contributed by atoms with van der Waals surface area (Å²) >= 11 is 0. The first-order chi connectivity index (χ1) is 13.6. The summed E-state index contributed by atoms with van der Waals surface area (Å²) in [5.41, 5.74) is 2.16. The molecule has 2 aromatic carbocycles. The van der Waals surface area contributed by atoms with Gasteiger partial charge in [-0.2, -0.15) is 4.52 Å². The second-order valence-corrected chi connectivity index (χ2v) is 6.80. The molecule has 0 radical (unpaired) electrons. The Morgan fingerprint density at radius 2 is 1.89 bits per heavy atom. The number of halogens is 1. The molecule has 0 N–H and O–H groups in total. The van der Waals surface area contributed by atoms with Gasteiger partial charge in [0.15, 0.2) is 17.3 Å². The van der Waals surface area contributed by atoms with Crippen LogP contribution in [0.25, 0.3) is 17.0 Å². The smallest absolute Gasteiger partial charge is 0.237 e. The summed E-state index contributed by atoms with van der Waals surface area (Å²) < 4.78 is 21.7. The number of ether oxygens (including phenoxy) is 1. The molecule has 1 aliphatic carbocycles. The Morgan fingerprint density at radius 3 is 2.71 bits per heavy atom. The van der Waals surface area contributed by atoms with Crippen molar-refractivity contribution in [1.29, 1.82) is 0 Å². The van der Waals surface area contributed by atoms with E-state index in [1.807, 2.05) is 37.3 Å². The average molecular weight is 374 g/mol. The normalized spacial score (nSPS) is 15.8. The van der Waals surface area contributed by atoms with E-state index >= 15 is 0 Å². The summed E-state index contributed by atoms with van der Waals surface area (Å²) in [5, 5.41) is 12.8. The van der Waals surface area contributed by atoms with E-state index in [0.29, 0.717) is 28.3 Å². The Morgan fingerprint density at radius 1 is 1.07 bits per heavy atom. The predicted molar refractivity (Wildman–Crippen MR) is 100 cm³/mol. The van der Waals surface area contributed by atoms with Crippen LogP contribution in [0.5, 0.6) is 11.6 Å². The summed E-state index contributed by atoms with van der Waals surface area (Å²) in [6, 6.07) is 15.7. The van der Waals surface area contributed by atoms with E-state index in [1.165, 1.54) is 12.1 Å². The van der Waals surface area contributed by atoms with E-state index in [0.717, 1.165) is 5.56 Å². The van der Waals surface area contributed by atoms with E-state index < -0.39 is 0 Å². The van der Waals surface area contributed by atoms with Crippen LogP contribution in [0.1, 0.15) is 35.2 Å². The second kappa shape index (κ2) is 6.23. The van der Waals surface area contributed by atoms with Crippen LogP contribution in [-0.2, 0) is 0 Å². The Hall–Kier alpha value is -3.61. The third kappa shape index (κ3) is 2.55. The minimum absolute atomic E-state index is 0.118. The van der Waals surface area contributed by atoms with Gasteiger partial charge in [0.05, 0.1) is 5.56 Å². The minimum atomic E-state index is -0.380. The molecule has 28 heavy (non-hydrogen) atoms. The first kappa shape index (κ1) is 16.6. The molecule has 5 rings (SSSR count). The highest BCUT2D eigenvalue weighted by Gasteiger charge is 2.32.